The van der Waals surface area contributed by atoms with E-state index in [2.05, 4.69) is 11.2 Å². The summed E-state index contributed by atoms with van der Waals surface area (Å²) in [7, 11) is 1.67. The quantitative estimate of drug-likeness (QED) is 0.440. The van der Waals surface area contributed by atoms with Crippen LogP contribution in [0.1, 0.15) is 42.6 Å². The van der Waals surface area contributed by atoms with Gasteiger partial charge in [-0.25, -0.2) is 0 Å². The fourth-order valence-electron chi connectivity index (χ4n) is 3.16. The highest BCUT2D eigenvalue weighted by Crippen LogP contribution is 2.24. The standard InChI is InChI=1S/C22H24N2O2S/c1-14-10-15(2)24(23-14)13-19-12-18(7-9-22(19)26-5)6-8-21(25)20-11-16(3)27-17(20)4/h6-12H,13H2,1-5H3/b8-6+. The van der Waals surface area contributed by atoms with Crippen molar-refractivity contribution in [2.45, 2.75) is 34.2 Å². The van der Waals surface area contributed by atoms with E-state index >= 15 is 0 Å². The van der Waals surface area contributed by atoms with Crippen molar-refractivity contribution >= 4 is 23.2 Å². The average Bonchev–Trinajstić information content (AvgIpc) is 3.13. The lowest BCUT2D eigenvalue weighted by Gasteiger charge is -2.11. The molecule has 0 fully saturated rings. The fraction of sp³-hybridized carbons (Fsp3) is 0.273. The van der Waals surface area contributed by atoms with Gasteiger partial charge in [-0.05, 0) is 63.6 Å². The van der Waals surface area contributed by atoms with Crippen LogP contribution in [0.25, 0.3) is 6.08 Å². The number of ether oxygens (including phenoxy) is 1. The van der Waals surface area contributed by atoms with Gasteiger partial charge in [-0.15, -0.1) is 11.3 Å². The molecule has 0 saturated heterocycles. The van der Waals surface area contributed by atoms with Gasteiger partial charge in [0.1, 0.15) is 5.75 Å². The lowest BCUT2D eigenvalue weighted by Crippen LogP contribution is -2.05. The van der Waals surface area contributed by atoms with Gasteiger partial charge in [0.2, 0.25) is 0 Å². The maximum absolute atomic E-state index is 12.5. The van der Waals surface area contributed by atoms with E-state index in [0.29, 0.717) is 6.54 Å². The van der Waals surface area contributed by atoms with Crippen LogP contribution < -0.4 is 4.74 Å². The van der Waals surface area contributed by atoms with Gasteiger partial charge in [-0.3, -0.25) is 9.48 Å². The number of benzene rings is 1. The number of hydrogen-bond acceptors (Lipinski definition) is 4. The van der Waals surface area contributed by atoms with E-state index in [9.17, 15) is 4.79 Å². The number of ketones is 1. The molecule has 0 amide bonds. The van der Waals surface area contributed by atoms with Crippen LogP contribution in [0.4, 0.5) is 0 Å². The zero-order valence-corrected chi connectivity index (χ0v) is 17.2. The third-order valence-electron chi connectivity index (χ3n) is 4.46. The second kappa shape index (κ2) is 7.92. The molecule has 2 aromatic heterocycles. The smallest absolute Gasteiger partial charge is 0.186 e. The van der Waals surface area contributed by atoms with E-state index in [-0.39, 0.29) is 5.78 Å². The lowest BCUT2D eigenvalue weighted by atomic mass is 10.1. The summed E-state index contributed by atoms with van der Waals surface area (Å²) in [5, 5.41) is 4.53. The van der Waals surface area contributed by atoms with E-state index < -0.39 is 0 Å². The van der Waals surface area contributed by atoms with E-state index in [1.807, 2.05) is 62.7 Å². The number of carbonyl (C=O) groups excluding carboxylic acids is 1. The van der Waals surface area contributed by atoms with E-state index in [4.69, 9.17) is 4.74 Å². The van der Waals surface area contributed by atoms with E-state index in [0.717, 1.165) is 43.6 Å². The second-order valence-corrected chi connectivity index (χ2v) is 8.14. The fourth-order valence-corrected chi connectivity index (χ4v) is 4.09. The Bertz CT molecular complexity index is 1010. The van der Waals surface area contributed by atoms with Gasteiger partial charge in [0.15, 0.2) is 5.78 Å². The van der Waals surface area contributed by atoms with Crippen LogP contribution in [-0.2, 0) is 6.54 Å². The summed E-state index contributed by atoms with van der Waals surface area (Å²) in [5.74, 6) is 0.850. The summed E-state index contributed by atoms with van der Waals surface area (Å²) in [6, 6.07) is 9.95. The predicted octanol–water partition coefficient (Wildman–Crippen LogP) is 5.13. The highest BCUT2D eigenvalue weighted by atomic mass is 32.1. The molecule has 0 N–H and O–H groups in total. The van der Waals surface area contributed by atoms with Crippen molar-refractivity contribution in [1.82, 2.24) is 9.78 Å². The minimum absolute atomic E-state index is 0.0350. The third-order valence-corrected chi connectivity index (χ3v) is 5.43. The zero-order valence-electron chi connectivity index (χ0n) is 16.4. The topological polar surface area (TPSA) is 44.1 Å². The maximum atomic E-state index is 12.5. The Morgan fingerprint density at radius 3 is 2.56 bits per heavy atom. The summed E-state index contributed by atoms with van der Waals surface area (Å²) >= 11 is 1.65. The SMILES string of the molecule is COc1ccc(/C=C/C(=O)c2cc(C)sc2C)cc1Cn1nc(C)cc1C. The van der Waals surface area contributed by atoms with Crippen molar-refractivity contribution in [3.05, 3.63) is 74.2 Å². The number of carbonyl (C=O) groups is 1. The summed E-state index contributed by atoms with van der Waals surface area (Å²) in [6.07, 6.45) is 3.50. The molecule has 0 aliphatic carbocycles. The Hall–Kier alpha value is -2.66. The molecule has 0 radical (unpaired) electrons. The zero-order chi connectivity index (χ0) is 19.6. The van der Waals surface area contributed by atoms with Gasteiger partial charge in [0.05, 0.1) is 19.3 Å². The van der Waals surface area contributed by atoms with Gasteiger partial charge in [0, 0.05) is 26.6 Å². The number of thiophene rings is 1. The van der Waals surface area contributed by atoms with Crippen molar-refractivity contribution in [2.75, 3.05) is 7.11 Å². The Morgan fingerprint density at radius 1 is 1.19 bits per heavy atom. The van der Waals surface area contributed by atoms with Gasteiger partial charge in [-0.2, -0.15) is 5.10 Å². The Labute approximate surface area is 164 Å². The molecule has 0 unspecified atom stereocenters. The van der Waals surface area contributed by atoms with Crippen molar-refractivity contribution in [2.24, 2.45) is 0 Å². The van der Waals surface area contributed by atoms with Crippen LogP contribution in [0, 0.1) is 27.7 Å². The molecule has 0 aliphatic heterocycles. The largest absolute Gasteiger partial charge is 0.496 e. The molecule has 0 saturated carbocycles. The first-order chi connectivity index (χ1) is 12.9. The molecule has 3 rings (SSSR count). The van der Waals surface area contributed by atoms with Gasteiger partial charge < -0.3 is 4.74 Å². The first-order valence-electron chi connectivity index (χ1n) is 8.85. The first-order valence-corrected chi connectivity index (χ1v) is 9.66. The van der Waals surface area contributed by atoms with Crippen molar-refractivity contribution < 1.29 is 9.53 Å². The van der Waals surface area contributed by atoms with Gasteiger partial charge >= 0.3 is 0 Å². The minimum Gasteiger partial charge on any atom is -0.496 e. The minimum atomic E-state index is 0.0350. The number of rotatable bonds is 6. The van der Waals surface area contributed by atoms with Crippen LogP contribution in [0.2, 0.25) is 0 Å². The number of hydrogen-bond donors (Lipinski definition) is 0. The lowest BCUT2D eigenvalue weighted by molar-refractivity contribution is 0.104. The van der Waals surface area contributed by atoms with Crippen LogP contribution >= 0.6 is 11.3 Å². The van der Waals surface area contributed by atoms with Gasteiger partial charge in [0.25, 0.3) is 0 Å². The second-order valence-electron chi connectivity index (χ2n) is 6.68. The summed E-state index contributed by atoms with van der Waals surface area (Å²) in [6.45, 7) is 8.66. The molecular weight excluding hydrogens is 356 g/mol. The van der Waals surface area contributed by atoms with Crippen molar-refractivity contribution in [3.63, 3.8) is 0 Å². The van der Waals surface area contributed by atoms with Gasteiger partial charge in [-0.1, -0.05) is 12.1 Å². The summed E-state index contributed by atoms with van der Waals surface area (Å²) in [5.41, 5.74) is 4.87. The highest BCUT2D eigenvalue weighted by molar-refractivity contribution is 7.12. The molecule has 27 heavy (non-hydrogen) atoms. The summed E-state index contributed by atoms with van der Waals surface area (Å²) in [4.78, 5) is 14.7. The molecule has 0 spiro atoms. The molecule has 3 aromatic rings. The molecule has 4 nitrogen and oxygen atoms in total. The predicted molar refractivity (Wildman–Crippen MR) is 111 cm³/mol. The third kappa shape index (κ3) is 4.37. The molecule has 5 heteroatoms. The Balaban J connectivity index is 1.85. The number of nitrogens with zero attached hydrogens (tertiary/aromatic N) is 2. The Morgan fingerprint density at radius 2 is 1.96 bits per heavy atom. The van der Waals surface area contributed by atoms with E-state index in [1.165, 1.54) is 0 Å². The van der Waals surface area contributed by atoms with Crippen molar-refractivity contribution in [1.29, 1.82) is 0 Å². The van der Waals surface area contributed by atoms with Crippen LogP contribution in [0.5, 0.6) is 5.75 Å². The molecule has 0 atom stereocenters. The number of methoxy groups -OCH3 is 1. The average molecular weight is 381 g/mol. The molecular formula is C22H24N2O2S. The molecule has 2 heterocycles. The van der Waals surface area contributed by atoms with Crippen LogP contribution in [0.15, 0.2) is 36.4 Å². The monoisotopic (exact) mass is 380 g/mol. The number of aromatic nitrogens is 2. The van der Waals surface area contributed by atoms with Crippen molar-refractivity contribution in [3.8, 4) is 5.75 Å². The Kier molecular flexibility index (Phi) is 5.61. The molecule has 0 aliphatic rings. The maximum Gasteiger partial charge on any atom is 0.186 e. The molecule has 140 valence electrons. The summed E-state index contributed by atoms with van der Waals surface area (Å²) < 4.78 is 7.46. The molecule has 1 aromatic carbocycles. The van der Waals surface area contributed by atoms with Crippen LogP contribution in [0.3, 0.4) is 0 Å². The molecule has 0 bridgehead atoms. The number of aryl methyl sites for hydroxylation is 4. The van der Waals surface area contributed by atoms with E-state index in [1.54, 1.807) is 24.5 Å². The van der Waals surface area contributed by atoms with Crippen LogP contribution in [-0.4, -0.2) is 22.7 Å². The normalized spacial score (nSPS) is 11.3. The number of allylic oxidation sites excluding steroid dienone is 1. The highest BCUT2D eigenvalue weighted by Gasteiger charge is 2.10. The first kappa shape index (κ1) is 19.1.